The highest BCUT2D eigenvalue weighted by Crippen LogP contribution is 1.59. The van der Waals surface area contributed by atoms with Crippen LogP contribution in [0.1, 0.15) is 0 Å². The monoisotopic (exact) mass is 150 g/mol. The largest absolute Gasteiger partial charge is 0.537 e. The van der Waals surface area contributed by atoms with Crippen molar-refractivity contribution in [3.63, 3.8) is 0 Å². The van der Waals surface area contributed by atoms with Crippen molar-refractivity contribution in [1.82, 2.24) is 0 Å². The van der Waals surface area contributed by atoms with Crippen LogP contribution in [0.25, 0.3) is 0 Å². The van der Waals surface area contributed by atoms with Gasteiger partial charge < -0.3 is 27.0 Å². The molecule has 8 heteroatoms. The van der Waals surface area contributed by atoms with Gasteiger partial charge in [-0.2, -0.15) is 5.26 Å². The molecule has 0 radical (unpaired) electrons. The zero-order valence-electron chi connectivity index (χ0n) is 4.21. The highest BCUT2D eigenvalue weighted by atomic mass is 17.1. The summed E-state index contributed by atoms with van der Waals surface area (Å²) in [6.45, 7) is 0. The number of carbonyl (C=O) groups is 1. The molecule has 10 N–H and O–H groups in total. The van der Waals surface area contributed by atoms with E-state index in [1.54, 1.807) is 0 Å². The average Bonchev–Trinajstić information content (AvgIpc) is 1.38. The normalized spacial score (nSPS) is 3.67. The van der Waals surface area contributed by atoms with E-state index in [1.807, 2.05) is 0 Å². The highest BCUT2D eigenvalue weighted by Gasteiger charge is 1.84. The molecular weight excluding hydrogens is 140 g/mol. The molecule has 0 saturated carbocycles. The maximum Gasteiger partial charge on any atom is 0.537 e. The van der Waals surface area contributed by atoms with E-state index in [0.717, 1.165) is 0 Å². The van der Waals surface area contributed by atoms with E-state index < -0.39 is 6.16 Å². The second-order valence-electron chi connectivity index (χ2n) is 0.357. The molecule has 0 aromatic rings. The summed E-state index contributed by atoms with van der Waals surface area (Å²) in [5.74, 6) is 0. The van der Waals surface area contributed by atoms with Crippen LogP contribution >= 0.6 is 0 Å². The Morgan fingerprint density at radius 3 is 1.22 bits per heavy atom. The van der Waals surface area contributed by atoms with E-state index in [4.69, 9.17) is 15.2 Å². The van der Waals surface area contributed by atoms with Gasteiger partial charge in [0.15, 0.2) is 0 Å². The molecule has 0 fully saturated rings. The molecule has 9 heavy (non-hydrogen) atoms. The fourth-order valence-corrected chi connectivity index (χ4v) is 0. The van der Waals surface area contributed by atoms with E-state index in [-0.39, 0.29) is 21.9 Å². The smallest absolute Gasteiger partial charge is 0.448 e. The summed E-state index contributed by atoms with van der Waals surface area (Å²) in [5, 5.41) is 14.3. The van der Waals surface area contributed by atoms with Crippen molar-refractivity contribution in [3.8, 4) is 0 Å². The molecule has 0 aromatic carbocycles. The molecule has 8 nitrogen and oxygen atoms in total. The Labute approximate surface area is 49.5 Å². The van der Waals surface area contributed by atoms with Crippen molar-refractivity contribution in [1.29, 1.82) is 0 Å². The van der Waals surface area contributed by atoms with Gasteiger partial charge in [-0.1, -0.05) is 0 Å². The van der Waals surface area contributed by atoms with Gasteiger partial charge in [-0.15, -0.1) is 0 Å². The van der Waals surface area contributed by atoms with Crippen LogP contribution in [-0.4, -0.2) is 38.4 Å². The average molecular weight is 150 g/mol. The molecular formula is CH10O8. The summed E-state index contributed by atoms with van der Waals surface area (Å²) >= 11 is 0. The van der Waals surface area contributed by atoms with Crippen LogP contribution in [0.15, 0.2) is 0 Å². The van der Waals surface area contributed by atoms with Crippen molar-refractivity contribution in [2.45, 2.75) is 0 Å². The van der Waals surface area contributed by atoms with Crippen molar-refractivity contribution < 1.29 is 42.0 Å². The highest BCUT2D eigenvalue weighted by molar-refractivity contribution is 5.55. The van der Waals surface area contributed by atoms with Crippen molar-refractivity contribution >= 4 is 6.16 Å². The van der Waals surface area contributed by atoms with Gasteiger partial charge in [-0.3, -0.25) is 4.89 Å². The van der Waals surface area contributed by atoms with Crippen LogP contribution in [0.5, 0.6) is 0 Å². The zero-order valence-corrected chi connectivity index (χ0v) is 4.21. The first kappa shape index (κ1) is 42.8. The Balaban J connectivity index is -0.0000000133. The van der Waals surface area contributed by atoms with Crippen LogP contribution in [0.4, 0.5) is 4.79 Å². The first-order chi connectivity index (χ1) is 2.27. The molecule has 0 spiro atoms. The van der Waals surface area contributed by atoms with Crippen molar-refractivity contribution in [2.75, 3.05) is 0 Å². The maximum atomic E-state index is 8.90. The molecule has 0 aliphatic heterocycles. The molecule has 0 bridgehead atoms. The second-order valence-corrected chi connectivity index (χ2v) is 0.357. The maximum absolute atomic E-state index is 8.90. The molecule has 0 atom stereocenters. The molecule has 0 aliphatic rings. The summed E-state index contributed by atoms with van der Waals surface area (Å²) < 4.78 is 0. The lowest BCUT2D eigenvalue weighted by Crippen LogP contribution is -1.91. The predicted octanol–water partition coefficient (Wildman–Crippen LogP) is -3.14. The van der Waals surface area contributed by atoms with Crippen LogP contribution < -0.4 is 0 Å². The van der Waals surface area contributed by atoms with Gasteiger partial charge in [0, 0.05) is 0 Å². The predicted molar refractivity (Wildman–Crippen MR) is 26.2 cm³/mol. The molecule has 0 aromatic heterocycles. The van der Waals surface area contributed by atoms with E-state index in [0.29, 0.717) is 0 Å². The molecule has 0 rings (SSSR count). The zero-order chi connectivity index (χ0) is 4.28. The molecule has 62 valence electrons. The summed E-state index contributed by atoms with van der Waals surface area (Å²) in [6.07, 6.45) is -1.69. The van der Waals surface area contributed by atoms with Crippen LogP contribution in [0, 0.1) is 0 Å². The minimum absolute atomic E-state index is 0. The van der Waals surface area contributed by atoms with Gasteiger partial charge in [0.1, 0.15) is 0 Å². The topological polar surface area (TPSA) is 193 Å². The quantitative estimate of drug-likeness (QED) is 0.272. The lowest BCUT2D eigenvalue weighted by Gasteiger charge is -1.75. The van der Waals surface area contributed by atoms with Gasteiger partial charge in [0.2, 0.25) is 0 Å². The van der Waals surface area contributed by atoms with Crippen LogP contribution in [0.3, 0.4) is 0 Å². The Bertz CT molecular complexity index is 39.8. The van der Waals surface area contributed by atoms with E-state index in [9.17, 15) is 0 Å². The Morgan fingerprint density at radius 2 is 1.22 bits per heavy atom. The summed E-state index contributed by atoms with van der Waals surface area (Å²) in [7, 11) is 0. The van der Waals surface area contributed by atoms with Gasteiger partial charge >= 0.3 is 6.16 Å². The summed E-state index contributed by atoms with van der Waals surface area (Å²) in [4.78, 5) is 11.6. The third-order valence-corrected chi connectivity index (χ3v) is 0.0781. The number of hydrogen-bond donors (Lipinski definition) is 2. The molecule has 0 amide bonds. The van der Waals surface area contributed by atoms with Gasteiger partial charge in [0.05, 0.1) is 0 Å². The number of rotatable bonds is 0. The standard InChI is InChI=1S/CH2O4.4H2O/c2-1(3)5-4;;;;/h4H,(H,2,3);4*1H2. The van der Waals surface area contributed by atoms with E-state index >= 15 is 0 Å². The van der Waals surface area contributed by atoms with Crippen LogP contribution in [-0.2, 0) is 4.89 Å². The minimum atomic E-state index is -1.69. The summed E-state index contributed by atoms with van der Waals surface area (Å²) in [5.41, 5.74) is 0. The summed E-state index contributed by atoms with van der Waals surface area (Å²) in [6, 6.07) is 0. The number of hydrogen-bond acceptors (Lipinski definition) is 3. The Morgan fingerprint density at radius 1 is 1.11 bits per heavy atom. The minimum Gasteiger partial charge on any atom is -0.448 e. The molecule has 0 heterocycles. The van der Waals surface area contributed by atoms with E-state index in [1.165, 1.54) is 0 Å². The van der Waals surface area contributed by atoms with Crippen molar-refractivity contribution in [2.24, 2.45) is 0 Å². The first-order valence-corrected chi connectivity index (χ1v) is 0.814. The molecule has 0 unspecified atom stereocenters. The molecule has 0 aliphatic carbocycles. The van der Waals surface area contributed by atoms with Gasteiger partial charge in [0.25, 0.3) is 0 Å². The lowest BCUT2D eigenvalue weighted by atomic mass is 11.5. The first-order valence-electron chi connectivity index (χ1n) is 0.814. The van der Waals surface area contributed by atoms with Gasteiger partial charge in [-0.05, 0) is 0 Å². The van der Waals surface area contributed by atoms with Crippen LogP contribution in [0.2, 0.25) is 0 Å². The fraction of sp³-hybridized carbons (Fsp3) is 0. The Hall–Kier alpha value is -0.930. The van der Waals surface area contributed by atoms with Crippen molar-refractivity contribution in [3.05, 3.63) is 0 Å². The third kappa shape index (κ3) is 159. The fourth-order valence-electron chi connectivity index (χ4n) is 0. The Kier molecular flexibility index (Phi) is 131. The third-order valence-electron chi connectivity index (χ3n) is 0.0781. The molecule has 0 saturated heterocycles. The lowest BCUT2D eigenvalue weighted by molar-refractivity contribution is -0.194. The van der Waals surface area contributed by atoms with Gasteiger partial charge in [-0.25, -0.2) is 4.79 Å². The van der Waals surface area contributed by atoms with E-state index in [2.05, 4.69) is 4.89 Å². The SMILES string of the molecule is O.O.O.O.O=C(O)OO. The second kappa shape index (κ2) is 27.6. The number of carboxylic acid groups (broad SMARTS) is 1.